The number of nitrogens with one attached hydrogen (secondary N) is 1. The SMILES string of the molecule is O=C(NC1CCCC1)C(Cc1ccccc1)N(Cc1ccccc1)C(=O)CN(c1cccc([N+](=O)[O-])c1)S(=O)(=O)c1ccccc1. The van der Waals surface area contributed by atoms with Crippen LogP contribution in [0.3, 0.4) is 0 Å². The Morgan fingerprint density at radius 1 is 0.826 bits per heavy atom. The third-order valence-electron chi connectivity index (χ3n) is 8.11. The van der Waals surface area contributed by atoms with Crippen molar-refractivity contribution in [2.24, 2.45) is 0 Å². The summed E-state index contributed by atoms with van der Waals surface area (Å²) >= 11 is 0. The first-order valence-electron chi connectivity index (χ1n) is 15.2. The summed E-state index contributed by atoms with van der Waals surface area (Å²) in [6.45, 7) is -0.642. The van der Waals surface area contributed by atoms with E-state index in [0.29, 0.717) is 0 Å². The van der Waals surface area contributed by atoms with Gasteiger partial charge in [-0.25, -0.2) is 8.42 Å². The van der Waals surface area contributed by atoms with Crippen molar-refractivity contribution >= 4 is 33.2 Å². The van der Waals surface area contributed by atoms with Gasteiger partial charge in [-0.1, -0.05) is 97.8 Å². The van der Waals surface area contributed by atoms with Crippen LogP contribution >= 0.6 is 0 Å². The van der Waals surface area contributed by atoms with E-state index in [4.69, 9.17) is 0 Å². The van der Waals surface area contributed by atoms with Crippen LogP contribution in [0.25, 0.3) is 0 Å². The van der Waals surface area contributed by atoms with Crippen molar-refractivity contribution in [3.63, 3.8) is 0 Å². The van der Waals surface area contributed by atoms with Gasteiger partial charge in [0.2, 0.25) is 11.8 Å². The quantitative estimate of drug-likeness (QED) is 0.152. The fourth-order valence-electron chi connectivity index (χ4n) is 5.71. The number of hydrogen-bond donors (Lipinski definition) is 1. The second kappa shape index (κ2) is 14.8. The fraction of sp³-hybridized carbons (Fsp3) is 0.257. The molecule has 1 aliphatic carbocycles. The van der Waals surface area contributed by atoms with Gasteiger partial charge in [-0.15, -0.1) is 0 Å². The lowest BCUT2D eigenvalue weighted by Gasteiger charge is -2.34. The molecule has 0 heterocycles. The van der Waals surface area contributed by atoms with Gasteiger partial charge in [0.15, 0.2) is 0 Å². The van der Waals surface area contributed by atoms with E-state index in [1.807, 2.05) is 60.7 Å². The normalized spacial score (nSPS) is 13.9. The number of hydrogen-bond acceptors (Lipinski definition) is 6. The predicted octanol–water partition coefficient (Wildman–Crippen LogP) is 5.49. The highest BCUT2D eigenvalue weighted by Gasteiger charge is 2.35. The molecule has 1 N–H and O–H groups in total. The third kappa shape index (κ3) is 7.97. The lowest BCUT2D eigenvalue weighted by molar-refractivity contribution is -0.384. The summed E-state index contributed by atoms with van der Waals surface area (Å²) in [4.78, 5) is 40.9. The van der Waals surface area contributed by atoms with Crippen LogP contribution in [0.2, 0.25) is 0 Å². The van der Waals surface area contributed by atoms with Crippen molar-refractivity contribution in [3.8, 4) is 0 Å². The highest BCUT2D eigenvalue weighted by molar-refractivity contribution is 7.92. The maximum absolute atomic E-state index is 14.5. The molecule has 0 aromatic heterocycles. The molecule has 0 saturated heterocycles. The number of rotatable bonds is 13. The number of anilines is 1. The van der Waals surface area contributed by atoms with Gasteiger partial charge in [-0.3, -0.25) is 24.0 Å². The second-order valence-electron chi connectivity index (χ2n) is 11.3. The molecular formula is C35H36N4O6S. The smallest absolute Gasteiger partial charge is 0.271 e. The maximum Gasteiger partial charge on any atom is 0.271 e. The minimum absolute atomic E-state index is 0.000671. The summed E-state index contributed by atoms with van der Waals surface area (Å²) in [5.41, 5.74) is 1.24. The monoisotopic (exact) mass is 640 g/mol. The number of nitro benzene ring substituents is 1. The van der Waals surface area contributed by atoms with Gasteiger partial charge in [0.1, 0.15) is 12.6 Å². The van der Waals surface area contributed by atoms with Gasteiger partial charge in [0.25, 0.3) is 15.7 Å². The molecule has 4 aromatic rings. The van der Waals surface area contributed by atoms with Gasteiger partial charge >= 0.3 is 0 Å². The Bertz CT molecular complexity index is 1750. The topological polar surface area (TPSA) is 130 Å². The average molecular weight is 641 g/mol. The fourth-order valence-corrected chi connectivity index (χ4v) is 7.14. The average Bonchev–Trinajstić information content (AvgIpc) is 3.59. The van der Waals surface area contributed by atoms with Crippen LogP contribution in [0.4, 0.5) is 11.4 Å². The van der Waals surface area contributed by atoms with E-state index in [9.17, 15) is 28.1 Å². The largest absolute Gasteiger partial charge is 0.352 e. The highest BCUT2D eigenvalue weighted by atomic mass is 32.2. The van der Waals surface area contributed by atoms with Gasteiger partial charge in [-0.2, -0.15) is 0 Å². The molecule has 0 aliphatic heterocycles. The molecule has 46 heavy (non-hydrogen) atoms. The number of benzene rings is 4. The predicted molar refractivity (Wildman–Crippen MR) is 175 cm³/mol. The van der Waals surface area contributed by atoms with Gasteiger partial charge < -0.3 is 10.2 Å². The molecular weight excluding hydrogens is 604 g/mol. The zero-order chi connectivity index (χ0) is 32.5. The molecule has 0 bridgehead atoms. The Kier molecular flexibility index (Phi) is 10.4. The number of nitrogens with zero attached hydrogens (tertiary/aromatic N) is 3. The number of sulfonamides is 1. The van der Waals surface area contributed by atoms with Gasteiger partial charge in [0.05, 0.1) is 15.5 Å². The Balaban J connectivity index is 1.57. The van der Waals surface area contributed by atoms with E-state index in [-0.39, 0.29) is 41.2 Å². The van der Waals surface area contributed by atoms with Crippen LogP contribution in [0.15, 0.2) is 120 Å². The van der Waals surface area contributed by atoms with E-state index in [0.717, 1.165) is 47.2 Å². The van der Waals surface area contributed by atoms with E-state index >= 15 is 0 Å². The zero-order valence-corrected chi connectivity index (χ0v) is 26.1. The Morgan fingerprint density at radius 2 is 1.41 bits per heavy atom. The minimum Gasteiger partial charge on any atom is -0.352 e. The van der Waals surface area contributed by atoms with Crippen molar-refractivity contribution in [2.75, 3.05) is 10.8 Å². The van der Waals surface area contributed by atoms with E-state index in [1.165, 1.54) is 35.2 Å². The van der Waals surface area contributed by atoms with Crippen molar-refractivity contribution in [3.05, 3.63) is 137 Å². The van der Waals surface area contributed by atoms with E-state index < -0.39 is 33.4 Å². The summed E-state index contributed by atoms with van der Waals surface area (Å²) in [5, 5.41) is 14.8. The molecule has 11 heteroatoms. The molecule has 1 saturated carbocycles. The molecule has 5 rings (SSSR count). The molecule has 0 spiro atoms. The minimum atomic E-state index is -4.36. The molecule has 0 radical (unpaired) electrons. The molecule has 238 valence electrons. The zero-order valence-electron chi connectivity index (χ0n) is 25.3. The van der Waals surface area contributed by atoms with Crippen LogP contribution in [-0.4, -0.2) is 48.7 Å². The summed E-state index contributed by atoms with van der Waals surface area (Å²) in [5.74, 6) is -0.940. The van der Waals surface area contributed by atoms with E-state index in [2.05, 4.69) is 5.32 Å². The number of carbonyl (C=O) groups excluding carboxylic acids is 2. The Hall–Kier alpha value is -5.03. The van der Waals surface area contributed by atoms with Crippen molar-refractivity contribution in [1.29, 1.82) is 0 Å². The van der Waals surface area contributed by atoms with E-state index in [1.54, 1.807) is 18.2 Å². The van der Waals surface area contributed by atoms with Gasteiger partial charge in [-0.05, 0) is 42.2 Å². The molecule has 1 atom stereocenters. The van der Waals surface area contributed by atoms with Crippen LogP contribution in [-0.2, 0) is 32.6 Å². The maximum atomic E-state index is 14.5. The Morgan fingerprint density at radius 3 is 2.02 bits per heavy atom. The summed E-state index contributed by atoms with van der Waals surface area (Å²) in [7, 11) is -4.36. The second-order valence-corrected chi connectivity index (χ2v) is 13.2. The first-order chi connectivity index (χ1) is 22.2. The van der Waals surface area contributed by atoms with Crippen molar-refractivity contribution in [2.45, 2.75) is 55.6 Å². The molecule has 4 aromatic carbocycles. The third-order valence-corrected chi connectivity index (χ3v) is 9.90. The van der Waals surface area contributed by atoms with Crippen molar-refractivity contribution < 1.29 is 22.9 Å². The number of non-ortho nitro benzene ring substituents is 1. The molecule has 2 amide bonds. The van der Waals surface area contributed by atoms with Crippen molar-refractivity contribution in [1.82, 2.24) is 10.2 Å². The van der Waals surface area contributed by atoms with Crippen LogP contribution in [0.1, 0.15) is 36.8 Å². The molecule has 10 nitrogen and oxygen atoms in total. The Labute approximate surface area is 268 Å². The number of carbonyl (C=O) groups is 2. The molecule has 1 aliphatic rings. The molecule has 1 fully saturated rings. The standard InChI is InChI=1S/C35H36N4O6S/c40-34(26-38(30-19-12-20-31(24-30)39(42)43)46(44,45)32-21-8-3-9-22-32)37(25-28-15-6-2-7-16-28)33(23-27-13-4-1-5-14-27)35(41)36-29-17-10-11-18-29/h1-9,12-16,19-22,24,29,33H,10-11,17-18,23,25-26H2,(H,36,41). The first kappa shape index (κ1) is 32.4. The molecule has 1 unspecified atom stereocenters. The summed E-state index contributed by atoms with van der Waals surface area (Å²) in [6.07, 6.45) is 3.94. The van der Waals surface area contributed by atoms with Gasteiger partial charge in [0, 0.05) is 31.1 Å². The first-order valence-corrected chi connectivity index (χ1v) is 16.7. The number of amides is 2. The number of nitro groups is 1. The van der Waals surface area contributed by atoms with Crippen LogP contribution < -0.4 is 9.62 Å². The summed E-state index contributed by atoms with van der Waals surface area (Å²) < 4.78 is 29.0. The lowest BCUT2D eigenvalue weighted by Crippen LogP contribution is -2.54. The lowest BCUT2D eigenvalue weighted by atomic mass is 10.0. The highest BCUT2D eigenvalue weighted by Crippen LogP contribution is 2.28. The van der Waals surface area contributed by atoms with Crippen LogP contribution in [0, 0.1) is 10.1 Å². The van der Waals surface area contributed by atoms with Crippen LogP contribution in [0.5, 0.6) is 0 Å². The summed E-state index contributed by atoms with van der Waals surface area (Å²) in [6, 6.07) is 30.4.